The predicted molar refractivity (Wildman–Crippen MR) is 72.8 cm³/mol. The highest BCUT2D eigenvalue weighted by Gasteiger charge is 2.14. The minimum Gasteiger partial charge on any atom is -0.309 e. The third-order valence-electron chi connectivity index (χ3n) is 3.28. The van der Waals surface area contributed by atoms with Gasteiger partial charge in [-0.3, -0.25) is 9.48 Å². The Morgan fingerprint density at radius 1 is 1.17 bits per heavy atom. The molecule has 2 rings (SSSR count). The first kappa shape index (κ1) is 12.6. The van der Waals surface area contributed by atoms with Crippen LogP contribution in [0.4, 0.5) is 0 Å². The molecule has 0 aromatic carbocycles. The second-order valence-electron chi connectivity index (χ2n) is 4.74. The van der Waals surface area contributed by atoms with Crippen LogP contribution in [-0.4, -0.2) is 14.3 Å². The fourth-order valence-electron chi connectivity index (χ4n) is 2.35. The van der Waals surface area contributed by atoms with E-state index in [2.05, 4.69) is 12.0 Å². The maximum Gasteiger partial charge on any atom is 0.253 e. The Bertz CT molecular complexity index is 650. The summed E-state index contributed by atoms with van der Waals surface area (Å²) in [6.45, 7) is 8.78. The number of rotatable bonds is 2. The zero-order chi connectivity index (χ0) is 13.4. The van der Waals surface area contributed by atoms with Gasteiger partial charge in [-0.25, -0.2) is 0 Å². The average molecular weight is 245 g/mol. The molecular weight excluding hydrogens is 226 g/mol. The maximum atomic E-state index is 12.0. The van der Waals surface area contributed by atoms with E-state index in [0.29, 0.717) is 0 Å². The fourth-order valence-corrected chi connectivity index (χ4v) is 2.35. The molecule has 0 aliphatic rings. The van der Waals surface area contributed by atoms with Crippen LogP contribution in [0.5, 0.6) is 0 Å². The van der Waals surface area contributed by atoms with Gasteiger partial charge in [-0.15, -0.1) is 0 Å². The Hall–Kier alpha value is -1.84. The highest BCUT2D eigenvalue weighted by Crippen LogP contribution is 2.23. The molecule has 2 aromatic heterocycles. The number of hydrogen-bond acceptors (Lipinski definition) is 2. The maximum absolute atomic E-state index is 12.0. The summed E-state index contributed by atoms with van der Waals surface area (Å²) < 4.78 is 3.59. The van der Waals surface area contributed by atoms with E-state index in [0.717, 1.165) is 34.6 Å². The van der Waals surface area contributed by atoms with Gasteiger partial charge in [-0.2, -0.15) is 5.10 Å². The zero-order valence-electron chi connectivity index (χ0n) is 11.6. The molecule has 0 saturated heterocycles. The summed E-state index contributed by atoms with van der Waals surface area (Å²) in [5.41, 5.74) is 4.80. The van der Waals surface area contributed by atoms with E-state index in [1.54, 1.807) is 4.57 Å². The van der Waals surface area contributed by atoms with E-state index in [9.17, 15) is 4.79 Å². The normalized spacial score (nSPS) is 10.9. The van der Waals surface area contributed by atoms with Gasteiger partial charge in [0.2, 0.25) is 0 Å². The molecule has 0 amide bonds. The van der Waals surface area contributed by atoms with E-state index in [-0.39, 0.29) is 5.56 Å². The molecule has 18 heavy (non-hydrogen) atoms. The molecule has 0 unspecified atom stereocenters. The molecule has 0 aliphatic carbocycles. The van der Waals surface area contributed by atoms with Crippen molar-refractivity contribution in [3.8, 4) is 11.4 Å². The van der Waals surface area contributed by atoms with Crippen LogP contribution in [0.15, 0.2) is 17.1 Å². The fraction of sp³-hybridized carbons (Fsp3) is 0.429. The summed E-state index contributed by atoms with van der Waals surface area (Å²) in [6.07, 6.45) is 2.01. The van der Waals surface area contributed by atoms with Crippen molar-refractivity contribution in [2.45, 2.75) is 34.2 Å². The number of pyridine rings is 1. The molecule has 0 spiro atoms. The Balaban J connectivity index is 2.75. The lowest BCUT2D eigenvalue weighted by molar-refractivity contribution is 0.659. The van der Waals surface area contributed by atoms with E-state index < -0.39 is 0 Å². The van der Waals surface area contributed by atoms with Gasteiger partial charge < -0.3 is 4.57 Å². The second-order valence-corrected chi connectivity index (χ2v) is 4.74. The summed E-state index contributed by atoms with van der Waals surface area (Å²) in [5.74, 6) is 0. The van der Waals surface area contributed by atoms with Crippen LogP contribution in [0.25, 0.3) is 11.4 Å². The van der Waals surface area contributed by atoms with Crippen molar-refractivity contribution in [3.63, 3.8) is 0 Å². The second kappa shape index (κ2) is 4.44. The molecule has 0 N–H and O–H groups in total. The van der Waals surface area contributed by atoms with Crippen molar-refractivity contribution in [2.24, 2.45) is 7.05 Å². The van der Waals surface area contributed by atoms with Gasteiger partial charge >= 0.3 is 0 Å². The Kier molecular flexibility index (Phi) is 3.11. The summed E-state index contributed by atoms with van der Waals surface area (Å²) in [6, 6.07) is 1.93. The van der Waals surface area contributed by atoms with Crippen molar-refractivity contribution >= 4 is 0 Å². The molecule has 0 saturated carbocycles. The lowest BCUT2D eigenvalue weighted by Crippen LogP contribution is -2.22. The molecule has 0 fully saturated rings. The first-order chi connectivity index (χ1) is 8.45. The summed E-state index contributed by atoms with van der Waals surface area (Å²) in [7, 11) is 1.81. The minimum absolute atomic E-state index is 0.0426. The van der Waals surface area contributed by atoms with Gasteiger partial charge in [0.05, 0.1) is 5.69 Å². The van der Waals surface area contributed by atoms with Crippen LogP contribution >= 0.6 is 0 Å². The van der Waals surface area contributed by atoms with E-state index in [1.807, 2.05) is 44.8 Å². The van der Waals surface area contributed by atoms with Gasteiger partial charge in [0.1, 0.15) is 5.69 Å². The smallest absolute Gasteiger partial charge is 0.253 e. The molecule has 0 bridgehead atoms. The van der Waals surface area contributed by atoms with Crippen LogP contribution in [-0.2, 0) is 13.6 Å². The number of hydrogen-bond donors (Lipinski definition) is 0. The SMILES string of the molecule is CCn1cc(C)c(-c2c(C)cc(C)c(=O)n2C)n1. The third kappa shape index (κ3) is 1.88. The molecule has 0 radical (unpaired) electrons. The van der Waals surface area contributed by atoms with Crippen molar-refractivity contribution in [1.29, 1.82) is 0 Å². The van der Waals surface area contributed by atoms with Crippen LogP contribution in [0.2, 0.25) is 0 Å². The summed E-state index contributed by atoms with van der Waals surface area (Å²) in [4.78, 5) is 12.0. The Labute approximate surface area is 107 Å². The molecule has 2 heterocycles. The highest BCUT2D eigenvalue weighted by atomic mass is 16.1. The predicted octanol–water partition coefficient (Wildman–Crippen LogP) is 2.19. The van der Waals surface area contributed by atoms with E-state index in [1.165, 1.54) is 0 Å². The Morgan fingerprint density at radius 3 is 2.39 bits per heavy atom. The quantitative estimate of drug-likeness (QED) is 0.813. The first-order valence-electron chi connectivity index (χ1n) is 6.17. The number of nitrogens with zero attached hydrogens (tertiary/aromatic N) is 3. The minimum atomic E-state index is 0.0426. The summed E-state index contributed by atoms with van der Waals surface area (Å²) >= 11 is 0. The van der Waals surface area contributed by atoms with Crippen LogP contribution < -0.4 is 5.56 Å². The molecular formula is C14H19N3O. The van der Waals surface area contributed by atoms with Crippen molar-refractivity contribution in [3.05, 3.63) is 39.3 Å². The molecule has 96 valence electrons. The van der Waals surface area contributed by atoms with Crippen molar-refractivity contribution < 1.29 is 0 Å². The number of aryl methyl sites for hydroxylation is 4. The topological polar surface area (TPSA) is 39.8 Å². The van der Waals surface area contributed by atoms with Gasteiger partial charge in [0.25, 0.3) is 5.56 Å². The standard InChI is InChI=1S/C14H19N3O/c1-6-17-8-11(4)12(15-17)13-9(2)7-10(3)14(18)16(13)5/h7-8H,6H2,1-5H3. The lowest BCUT2D eigenvalue weighted by atomic mass is 10.1. The van der Waals surface area contributed by atoms with E-state index >= 15 is 0 Å². The number of aromatic nitrogens is 3. The zero-order valence-corrected chi connectivity index (χ0v) is 11.6. The molecule has 2 aromatic rings. The Morgan fingerprint density at radius 2 is 1.83 bits per heavy atom. The van der Waals surface area contributed by atoms with Crippen LogP contribution in [0.1, 0.15) is 23.6 Å². The van der Waals surface area contributed by atoms with Gasteiger partial charge in [0, 0.05) is 25.4 Å². The monoisotopic (exact) mass is 245 g/mol. The summed E-state index contributed by atoms with van der Waals surface area (Å²) in [5, 5.41) is 4.55. The first-order valence-corrected chi connectivity index (χ1v) is 6.17. The van der Waals surface area contributed by atoms with Crippen molar-refractivity contribution in [2.75, 3.05) is 0 Å². The van der Waals surface area contributed by atoms with Gasteiger partial charge in [0.15, 0.2) is 0 Å². The largest absolute Gasteiger partial charge is 0.309 e. The lowest BCUT2D eigenvalue weighted by Gasteiger charge is -2.11. The average Bonchev–Trinajstić information content (AvgIpc) is 2.68. The third-order valence-corrected chi connectivity index (χ3v) is 3.28. The van der Waals surface area contributed by atoms with E-state index in [4.69, 9.17) is 0 Å². The molecule has 0 aliphatic heterocycles. The van der Waals surface area contributed by atoms with Gasteiger partial charge in [-0.05, 0) is 44.9 Å². The highest BCUT2D eigenvalue weighted by molar-refractivity contribution is 5.62. The van der Waals surface area contributed by atoms with Gasteiger partial charge in [-0.1, -0.05) is 0 Å². The molecule has 0 atom stereocenters. The van der Waals surface area contributed by atoms with Crippen LogP contribution in [0, 0.1) is 20.8 Å². The van der Waals surface area contributed by atoms with Crippen LogP contribution in [0.3, 0.4) is 0 Å². The molecule has 4 nitrogen and oxygen atoms in total. The molecule has 4 heteroatoms. The van der Waals surface area contributed by atoms with Crippen molar-refractivity contribution in [1.82, 2.24) is 14.3 Å².